The number of alkyl halides is 3. The highest BCUT2D eigenvalue weighted by Crippen LogP contribution is 2.32. The van der Waals surface area contributed by atoms with Gasteiger partial charge in [-0.25, -0.2) is 4.98 Å². The van der Waals surface area contributed by atoms with Crippen molar-refractivity contribution in [2.45, 2.75) is 20.0 Å². The van der Waals surface area contributed by atoms with Crippen molar-refractivity contribution in [2.75, 3.05) is 17.7 Å². The molecule has 0 spiro atoms. The number of benzene rings is 1. The Morgan fingerprint density at radius 1 is 0.905 bits per heavy atom. The molecule has 3 nitrogen and oxygen atoms in total. The Balaban J connectivity index is 2.39. The van der Waals surface area contributed by atoms with E-state index >= 15 is 0 Å². The highest BCUT2D eigenvalue weighted by molar-refractivity contribution is 5.61. The summed E-state index contributed by atoms with van der Waals surface area (Å²) in [5.41, 5.74) is 2.02. The predicted molar refractivity (Wildman–Crippen MR) is 78.0 cm³/mol. The van der Waals surface area contributed by atoms with Crippen molar-refractivity contribution in [2.24, 2.45) is 0 Å². The van der Waals surface area contributed by atoms with Crippen LogP contribution in [0.1, 0.15) is 16.7 Å². The van der Waals surface area contributed by atoms with Gasteiger partial charge in [0.2, 0.25) is 0 Å². The first-order valence-electron chi connectivity index (χ1n) is 6.40. The quantitative estimate of drug-likeness (QED) is 0.875. The SMILES string of the molecule is CNc1cc(C(F)(F)F)cc(Nc2cc(C)cc(C)c2)n1. The van der Waals surface area contributed by atoms with Gasteiger partial charge in [-0.15, -0.1) is 0 Å². The molecule has 0 aliphatic carbocycles. The number of nitrogens with zero attached hydrogens (tertiary/aromatic N) is 1. The molecular formula is C15H16F3N3. The summed E-state index contributed by atoms with van der Waals surface area (Å²) in [7, 11) is 1.53. The summed E-state index contributed by atoms with van der Waals surface area (Å²) in [6.07, 6.45) is -4.41. The van der Waals surface area contributed by atoms with E-state index in [9.17, 15) is 13.2 Å². The summed E-state index contributed by atoms with van der Waals surface area (Å²) < 4.78 is 38.6. The molecule has 2 N–H and O–H groups in total. The lowest BCUT2D eigenvalue weighted by Crippen LogP contribution is -2.08. The average molecular weight is 295 g/mol. The minimum absolute atomic E-state index is 0.152. The molecule has 1 aromatic heterocycles. The van der Waals surface area contributed by atoms with Crippen LogP contribution in [0.2, 0.25) is 0 Å². The van der Waals surface area contributed by atoms with Crippen LogP contribution in [0.4, 0.5) is 30.5 Å². The van der Waals surface area contributed by atoms with Crippen molar-refractivity contribution in [1.29, 1.82) is 0 Å². The van der Waals surface area contributed by atoms with Crippen molar-refractivity contribution in [3.8, 4) is 0 Å². The number of aryl methyl sites for hydroxylation is 2. The zero-order valence-electron chi connectivity index (χ0n) is 12.0. The van der Waals surface area contributed by atoms with Crippen LogP contribution in [0.15, 0.2) is 30.3 Å². The fourth-order valence-corrected chi connectivity index (χ4v) is 2.08. The lowest BCUT2D eigenvalue weighted by molar-refractivity contribution is -0.137. The Kier molecular flexibility index (Phi) is 4.06. The summed E-state index contributed by atoms with van der Waals surface area (Å²) in [6.45, 7) is 3.85. The van der Waals surface area contributed by atoms with Crippen LogP contribution in [0.25, 0.3) is 0 Å². The number of aromatic nitrogens is 1. The van der Waals surface area contributed by atoms with Gasteiger partial charge in [-0.2, -0.15) is 13.2 Å². The van der Waals surface area contributed by atoms with Gasteiger partial charge in [0.1, 0.15) is 11.6 Å². The molecule has 0 aliphatic rings. The van der Waals surface area contributed by atoms with Gasteiger partial charge in [-0.1, -0.05) is 6.07 Å². The normalized spacial score (nSPS) is 11.3. The van der Waals surface area contributed by atoms with E-state index in [0.717, 1.165) is 23.3 Å². The highest BCUT2D eigenvalue weighted by Gasteiger charge is 2.31. The van der Waals surface area contributed by atoms with Gasteiger partial charge < -0.3 is 10.6 Å². The molecule has 0 fully saturated rings. The standard InChI is InChI=1S/C15H16F3N3/c1-9-4-10(2)6-12(5-9)20-14-8-11(15(16,17)18)7-13(19-3)21-14/h4-8H,1-3H3,(H2,19,20,21). The second-order valence-corrected chi connectivity index (χ2v) is 4.88. The molecule has 112 valence electrons. The van der Waals surface area contributed by atoms with Crippen molar-refractivity contribution in [3.05, 3.63) is 47.0 Å². The maximum Gasteiger partial charge on any atom is 0.416 e. The highest BCUT2D eigenvalue weighted by atomic mass is 19.4. The first kappa shape index (κ1) is 15.2. The van der Waals surface area contributed by atoms with E-state index in [-0.39, 0.29) is 11.6 Å². The summed E-state index contributed by atoms with van der Waals surface area (Å²) in [6, 6.07) is 7.68. The maximum absolute atomic E-state index is 12.9. The molecule has 1 heterocycles. The van der Waals surface area contributed by atoms with E-state index in [4.69, 9.17) is 0 Å². The molecule has 0 bridgehead atoms. The lowest BCUT2D eigenvalue weighted by atomic mass is 10.1. The molecular weight excluding hydrogens is 279 g/mol. The summed E-state index contributed by atoms with van der Waals surface area (Å²) in [5.74, 6) is 0.316. The Morgan fingerprint density at radius 3 is 2.00 bits per heavy atom. The van der Waals surface area contributed by atoms with Crippen LogP contribution >= 0.6 is 0 Å². The Labute approximate surface area is 121 Å². The van der Waals surface area contributed by atoms with E-state index < -0.39 is 11.7 Å². The lowest BCUT2D eigenvalue weighted by Gasteiger charge is -2.13. The third-order valence-electron chi connectivity index (χ3n) is 2.90. The van der Waals surface area contributed by atoms with Crippen molar-refractivity contribution in [1.82, 2.24) is 4.98 Å². The van der Waals surface area contributed by atoms with E-state index in [0.29, 0.717) is 5.69 Å². The average Bonchev–Trinajstić information content (AvgIpc) is 2.36. The van der Waals surface area contributed by atoms with E-state index in [1.165, 1.54) is 7.05 Å². The van der Waals surface area contributed by atoms with Crippen LogP contribution < -0.4 is 10.6 Å². The largest absolute Gasteiger partial charge is 0.416 e. The molecule has 0 atom stereocenters. The molecule has 0 radical (unpaired) electrons. The van der Waals surface area contributed by atoms with Crippen molar-refractivity contribution >= 4 is 17.3 Å². The van der Waals surface area contributed by atoms with Gasteiger partial charge >= 0.3 is 6.18 Å². The number of hydrogen-bond acceptors (Lipinski definition) is 3. The van der Waals surface area contributed by atoms with Crippen molar-refractivity contribution in [3.63, 3.8) is 0 Å². The zero-order valence-corrected chi connectivity index (χ0v) is 12.0. The maximum atomic E-state index is 12.9. The fraction of sp³-hybridized carbons (Fsp3) is 0.267. The molecule has 21 heavy (non-hydrogen) atoms. The summed E-state index contributed by atoms with van der Waals surface area (Å²) in [4.78, 5) is 4.10. The Hall–Kier alpha value is -2.24. The van der Waals surface area contributed by atoms with Crippen LogP contribution in [-0.4, -0.2) is 12.0 Å². The molecule has 0 saturated carbocycles. The van der Waals surface area contributed by atoms with Crippen LogP contribution in [0, 0.1) is 13.8 Å². The van der Waals surface area contributed by atoms with Gasteiger partial charge in [0, 0.05) is 12.7 Å². The molecule has 0 amide bonds. The number of pyridine rings is 1. The second-order valence-electron chi connectivity index (χ2n) is 4.88. The van der Waals surface area contributed by atoms with Crippen LogP contribution in [-0.2, 0) is 6.18 Å². The predicted octanol–water partition coefficient (Wildman–Crippen LogP) is 4.50. The van der Waals surface area contributed by atoms with Gasteiger partial charge in [0.15, 0.2) is 0 Å². The van der Waals surface area contributed by atoms with E-state index in [2.05, 4.69) is 15.6 Å². The Bertz CT molecular complexity index is 631. The molecule has 2 rings (SSSR count). The minimum atomic E-state index is -4.41. The first-order valence-corrected chi connectivity index (χ1v) is 6.40. The number of nitrogens with one attached hydrogen (secondary N) is 2. The molecule has 0 unspecified atom stereocenters. The van der Waals surface area contributed by atoms with Crippen LogP contribution in [0.5, 0.6) is 0 Å². The molecule has 1 aromatic carbocycles. The minimum Gasteiger partial charge on any atom is -0.373 e. The third kappa shape index (κ3) is 3.87. The number of halogens is 3. The Morgan fingerprint density at radius 2 is 1.48 bits per heavy atom. The van der Waals surface area contributed by atoms with Crippen LogP contribution in [0.3, 0.4) is 0 Å². The van der Waals surface area contributed by atoms with Gasteiger partial charge in [-0.3, -0.25) is 0 Å². The van der Waals surface area contributed by atoms with E-state index in [1.807, 2.05) is 32.0 Å². The number of anilines is 3. The smallest absolute Gasteiger partial charge is 0.373 e. The van der Waals surface area contributed by atoms with Gasteiger partial charge in [0.05, 0.1) is 5.56 Å². The fourth-order valence-electron chi connectivity index (χ4n) is 2.08. The van der Waals surface area contributed by atoms with Crippen molar-refractivity contribution < 1.29 is 13.2 Å². The first-order chi connectivity index (χ1) is 9.77. The van der Waals surface area contributed by atoms with Gasteiger partial charge in [-0.05, 0) is 49.2 Å². The molecule has 0 saturated heterocycles. The van der Waals surface area contributed by atoms with Gasteiger partial charge in [0.25, 0.3) is 0 Å². The molecule has 0 aliphatic heterocycles. The monoisotopic (exact) mass is 295 g/mol. The number of rotatable bonds is 3. The summed E-state index contributed by atoms with van der Waals surface area (Å²) in [5, 5.41) is 5.56. The molecule has 2 aromatic rings. The van der Waals surface area contributed by atoms with E-state index in [1.54, 1.807) is 0 Å². The topological polar surface area (TPSA) is 37.0 Å². The molecule has 6 heteroatoms. The zero-order chi connectivity index (χ0) is 15.6. The second kappa shape index (κ2) is 5.63. The number of hydrogen-bond donors (Lipinski definition) is 2. The summed E-state index contributed by atoms with van der Waals surface area (Å²) >= 11 is 0. The third-order valence-corrected chi connectivity index (χ3v) is 2.90.